The zero-order chi connectivity index (χ0) is 12.9. The molecule has 0 saturated carbocycles. The number of nitrogens with one attached hydrogen (secondary N) is 2. The first-order valence-electron chi connectivity index (χ1n) is 6.26. The minimum Gasteiger partial charge on any atom is -0.370 e. The van der Waals surface area contributed by atoms with Crippen molar-refractivity contribution in [3.8, 4) is 0 Å². The first-order valence-corrected chi connectivity index (χ1v) is 6.26. The largest absolute Gasteiger partial charge is 0.370 e. The van der Waals surface area contributed by atoms with Gasteiger partial charge in [-0.2, -0.15) is 0 Å². The Balaban J connectivity index is 2.42. The van der Waals surface area contributed by atoms with Crippen LogP contribution in [-0.4, -0.2) is 31.4 Å². The summed E-state index contributed by atoms with van der Waals surface area (Å²) in [6.45, 7) is 6.32. The molecular weight excluding hydrogens is 218 g/mol. The second-order valence-electron chi connectivity index (χ2n) is 5.06. The maximum absolute atomic E-state index is 12.2. The number of carbonyl (C=O) groups excluding carboxylic acids is 2. The van der Waals surface area contributed by atoms with Crippen molar-refractivity contribution in [2.75, 3.05) is 19.6 Å². The quantitative estimate of drug-likeness (QED) is 0.572. The van der Waals surface area contributed by atoms with Crippen molar-refractivity contribution < 1.29 is 9.59 Å². The Labute approximate surface area is 103 Å². The van der Waals surface area contributed by atoms with E-state index in [9.17, 15) is 9.59 Å². The van der Waals surface area contributed by atoms with Gasteiger partial charge in [-0.1, -0.05) is 13.8 Å². The van der Waals surface area contributed by atoms with Crippen molar-refractivity contribution in [2.45, 2.75) is 33.1 Å². The van der Waals surface area contributed by atoms with Gasteiger partial charge in [0.1, 0.15) is 0 Å². The molecule has 2 amide bonds. The van der Waals surface area contributed by atoms with Gasteiger partial charge < -0.3 is 16.4 Å². The normalized spacial score (nSPS) is 23.9. The van der Waals surface area contributed by atoms with Gasteiger partial charge in [-0.25, -0.2) is 0 Å². The van der Waals surface area contributed by atoms with Crippen LogP contribution in [0.2, 0.25) is 0 Å². The molecule has 1 rings (SSSR count). The third-order valence-electron chi connectivity index (χ3n) is 3.63. The molecule has 1 aliphatic heterocycles. The third-order valence-corrected chi connectivity index (χ3v) is 3.63. The molecule has 98 valence electrons. The minimum absolute atomic E-state index is 0.0990. The average Bonchev–Trinajstić information content (AvgIpc) is 2.74. The lowest BCUT2D eigenvalue weighted by atomic mass is 9.75. The topological polar surface area (TPSA) is 84.2 Å². The highest BCUT2D eigenvalue weighted by molar-refractivity contribution is 5.83. The molecule has 0 aromatic rings. The molecule has 5 nitrogen and oxygen atoms in total. The molecule has 1 fully saturated rings. The molecule has 0 radical (unpaired) electrons. The summed E-state index contributed by atoms with van der Waals surface area (Å²) in [6.07, 6.45) is 1.82. The summed E-state index contributed by atoms with van der Waals surface area (Å²) >= 11 is 0. The van der Waals surface area contributed by atoms with Crippen molar-refractivity contribution >= 4 is 11.8 Å². The number of primary amides is 1. The summed E-state index contributed by atoms with van der Waals surface area (Å²) in [6, 6.07) is 0. The molecule has 0 aliphatic carbocycles. The number of hydrogen-bond donors (Lipinski definition) is 3. The lowest BCUT2D eigenvalue weighted by Gasteiger charge is -2.31. The number of carbonyl (C=O) groups is 2. The van der Waals surface area contributed by atoms with Gasteiger partial charge in [0.2, 0.25) is 11.8 Å². The van der Waals surface area contributed by atoms with Crippen LogP contribution in [0.4, 0.5) is 0 Å². The van der Waals surface area contributed by atoms with E-state index in [1.54, 1.807) is 0 Å². The van der Waals surface area contributed by atoms with Crippen molar-refractivity contribution in [1.82, 2.24) is 10.6 Å². The fourth-order valence-electron chi connectivity index (χ4n) is 2.30. The Bertz CT molecular complexity index is 283. The second-order valence-corrected chi connectivity index (χ2v) is 5.06. The van der Waals surface area contributed by atoms with Crippen LogP contribution in [0.5, 0.6) is 0 Å². The maximum atomic E-state index is 12.2. The van der Waals surface area contributed by atoms with Crippen molar-refractivity contribution in [3.05, 3.63) is 0 Å². The van der Waals surface area contributed by atoms with Crippen molar-refractivity contribution in [3.63, 3.8) is 0 Å². The van der Waals surface area contributed by atoms with E-state index in [0.717, 1.165) is 19.5 Å². The Hall–Kier alpha value is -1.10. The molecule has 1 unspecified atom stereocenters. The van der Waals surface area contributed by atoms with E-state index in [1.165, 1.54) is 0 Å². The highest BCUT2D eigenvalue weighted by Crippen LogP contribution is 2.34. The van der Waals surface area contributed by atoms with Gasteiger partial charge in [0.05, 0.1) is 5.41 Å². The number of rotatable bonds is 6. The number of amides is 2. The lowest BCUT2D eigenvalue weighted by molar-refractivity contribution is -0.132. The van der Waals surface area contributed by atoms with Crippen molar-refractivity contribution in [2.24, 2.45) is 17.1 Å². The van der Waals surface area contributed by atoms with Crippen LogP contribution in [0.3, 0.4) is 0 Å². The molecule has 0 aromatic carbocycles. The molecule has 1 saturated heterocycles. The van der Waals surface area contributed by atoms with Crippen LogP contribution in [0, 0.1) is 11.3 Å². The first-order chi connectivity index (χ1) is 7.99. The van der Waals surface area contributed by atoms with Crippen LogP contribution in [0.25, 0.3) is 0 Å². The Morgan fingerprint density at radius 2 is 2.18 bits per heavy atom. The van der Waals surface area contributed by atoms with E-state index in [2.05, 4.69) is 24.5 Å². The Morgan fingerprint density at radius 3 is 2.65 bits per heavy atom. The van der Waals surface area contributed by atoms with Crippen LogP contribution < -0.4 is 16.4 Å². The fourth-order valence-corrected chi connectivity index (χ4v) is 2.30. The van der Waals surface area contributed by atoms with Crippen LogP contribution >= 0.6 is 0 Å². The van der Waals surface area contributed by atoms with Gasteiger partial charge >= 0.3 is 0 Å². The van der Waals surface area contributed by atoms with Gasteiger partial charge in [-0.05, 0) is 25.3 Å². The van der Waals surface area contributed by atoms with Gasteiger partial charge in [0.15, 0.2) is 0 Å². The molecule has 1 aliphatic rings. The standard InChI is InChI=1S/C12H23N3O2/c1-9(2)12(5-7-14-8-12)11(17)15-6-3-4-10(13)16/h9,14H,3-8H2,1-2H3,(H2,13,16)(H,15,17). The molecule has 0 spiro atoms. The lowest BCUT2D eigenvalue weighted by Crippen LogP contribution is -2.46. The molecule has 5 heteroatoms. The van der Waals surface area contributed by atoms with Crippen LogP contribution in [0.1, 0.15) is 33.1 Å². The predicted octanol–water partition coefficient (Wildman–Crippen LogP) is 0.00380. The van der Waals surface area contributed by atoms with E-state index in [4.69, 9.17) is 5.73 Å². The minimum atomic E-state index is -0.319. The summed E-state index contributed by atoms with van der Waals surface area (Å²) in [7, 11) is 0. The third kappa shape index (κ3) is 3.43. The second kappa shape index (κ2) is 6.00. The highest BCUT2D eigenvalue weighted by Gasteiger charge is 2.43. The maximum Gasteiger partial charge on any atom is 0.227 e. The van der Waals surface area contributed by atoms with Crippen LogP contribution in [0.15, 0.2) is 0 Å². The Kier molecular flexibility index (Phi) is 4.93. The zero-order valence-corrected chi connectivity index (χ0v) is 10.7. The van der Waals surface area contributed by atoms with Gasteiger partial charge in [0.25, 0.3) is 0 Å². The van der Waals surface area contributed by atoms with Crippen LogP contribution in [-0.2, 0) is 9.59 Å². The van der Waals surface area contributed by atoms with Gasteiger partial charge in [0, 0.05) is 19.5 Å². The predicted molar refractivity (Wildman–Crippen MR) is 66.2 cm³/mol. The molecule has 0 bridgehead atoms. The summed E-state index contributed by atoms with van der Waals surface area (Å²) in [4.78, 5) is 22.8. The number of nitrogens with two attached hydrogens (primary N) is 1. The van der Waals surface area contributed by atoms with E-state index >= 15 is 0 Å². The SMILES string of the molecule is CC(C)C1(C(=O)NCCCC(N)=O)CCNC1. The van der Waals surface area contributed by atoms with E-state index < -0.39 is 0 Å². The molecule has 4 N–H and O–H groups in total. The molecule has 1 atom stereocenters. The van der Waals surface area contributed by atoms with E-state index in [1.807, 2.05) is 0 Å². The molecule has 17 heavy (non-hydrogen) atoms. The van der Waals surface area contributed by atoms with Gasteiger partial charge in [-0.15, -0.1) is 0 Å². The van der Waals surface area contributed by atoms with E-state index in [-0.39, 0.29) is 17.2 Å². The summed E-state index contributed by atoms with van der Waals surface area (Å²) in [5.74, 6) is 0.0935. The average molecular weight is 241 g/mol. The summed E-state index contributed by atoms with van der Waals surface area (Å²) < 4.78 is 0. The molecule has 1 heterocycles. The summed E-state index contributed by atoms with van der Waals surface area (Å²) in [5.41, 5.74) is 4.76. The number of hydrogen-bond acceptors (Lipinski definition) is 3. The fraction of sp³-hybridized carbons (Fsp3) is 0.833. The van der Waals surface area contributed by atoms with Gasteiger partial charge in [-0.3, -0.25) is 9.59 Å². The Morgan fingerprint density at radius 1 is 1.47 bits per heavy atom. The molecule has 0 aromatic heterocycles. The smallest absolute Gasteiger partial charge is 0.227 e. The first kappa shape index (κ1) is 14.0. The zero-order valence-electron chi connectivity index (χ0n) is 10.7. The van der Waals surface area contributed by atoms with Crippen molar-refractivity contribution in [1.29, 1.82) is 0 Å². The summed E-state index contributed by atoms with van der Waals surface area (Å²) in [5, 5.41) is 6.16. The highest BCUT2D eigenvalue weighted by atomic mass is 16.2. The molecular formula is C12H23N3O2. The monoisotopic (exact) mass is 241 g/mol. The van der Waals surface area contributed by atoms with E-state index in [0.29, 0.717) is 25.3 Å².